The minimum absolute atomic E-state index is 0.0141. The zero-order chi connectivity index (χ0) is 24.6. The van der Waals surface area contributed by atoms with Crippen LogP contribution in [0.3, 0.4) is 0 Å². The zero-order valence-electron chi connectivity index (χ0n) is 17.8. The van der Waals surface area contributed by atoms with Crippen molar-refractivity contribution in [2.45, 2.75) is 38.6 Å². The predicted octanol–water partition coefficient (Wildman–Crippen LogP) is 5.64. The zero-order valence-corrected chi connectivity index (χ0v) is 18.6. The van der Waals surface area contributed by atoms with Crippen molar-refractivity contribution in [3.63, 3.8) is 0 Å². The van der Waals surface area contributed by atoms with Crippen LogP contribution in [0.4, 0.5) is 13.2 Å². The standard InChI is InChI=1S/C23H20ClF3N2O4/c1-12(13-8-9-18(28-11-13)23(25,26)27)33-19-15-7-5-4-6-14(15)17(24)10-16(19)20(30)29-22(2,3)21(31)32/h4-12H,1-3H3,(H,29,30)(H,31,32). The fourth-order valence-electron chi connectivity index (χ4n) is 3.06. The molecule has 0 aliphatic rings. The van der Waals surface area contributed by atoms with E-state index in [2.05, 4.69) is 10.3 Å². The second kappa shape index (κ2) is 8.90. The van der Waals surface area contributed by atoms with E-state index in [4.69, 9.17) is 16.3 Å². The van der Waals surface area contributed by atoms with E-state index in [1.807, 2.05) is 0 Å². The lowest BCUT2D eigenvalue weighted by Gasteiger charge is -2.24. The Hall–Kier alpha value is -3.33. The number of nitrogens with one attached hydrogen (secondary N) is 1. The molecule has 2 aromatic carbocycles. The number of nitrogens with zero attached hydrogens (tertiary/aromatic N) is 1. The van der Waals surface area contributed by atoms with Crippen molar-refractivity contribution < 1.29 is 32.6 Å². The number of benzene rings is 2. The van der Waals surface area contributed by atoms with Crippen LogP contribution in [0, 0.1) is 0 Å². The number of hydrogen-bond donors (Lipinski definition) is 2. The molecule has 0 radical (unpaired) electrons. The number of halogens is 4. The van der Waals surface area contributed by atoms with Crippen LogP contribution >= 0.6 is 11.6 Å². The first-order valence-corrected chi connectivity index (χ1v) is 10.2. The summed E-state index contributed by atoms with van der Waals surface area (Å²) in [5, 5.41) is 13.1. The summed E-state index contributed by atoms with van der Waals surface area (Å²) in [4.78, 5) is 27.9. The summed E-state index contributed by atoms with van der Waals surface area (Å²) in [5.41, 5.74) is -2.28. The van der Waals surface area contributed by atoms with E-state index in [9.17, 15) is 27.9 Å². The lowest BCUT2D eigenvalue weighted by Crippen LogP contribution is -2.49. The maximum atomic E-state index is 13.0. The summed E-state index contributed by atoms with van der Waals surface area (Å²) in [6.45, 7) is 4.25. The highest BCUT2D eigenvalue weighted by Gasteiger charge is 2.33. The topological polar surface area (TPSA) is 88.5 Å². The van der Waals surface area contributed by atoms with Gasteiger partial charge in [0.2, 0.25) is 0 Å². The Bertz CT molecular complexity index is 1210. The quantitative estimate of drug-likeness (QED) is 0.476. The fourth-order valence-corrected chi connectivity index (χ4v) is 3.34. The van der Waals surface area contributed by atoms with Gasteiger partial charge in [-0.25, -0.2) is 4.79 Å². The Labute approximate surface area is 192 Å². The molecule has 0 spiro atoms. The molecule has 6 nitrogen and oxygen atoms in total. The molecule has 1 amide bonds. The maximum Gasteiger partial charge on any atom is 0.433 e. The van der Waals surface area contributed by atoms with Crippen molar-refractivity contribution in [1.82, 2.24) is 10.3 Å². The monoisotopic (exact) mass is 480 g/mol. The molecule has 0 bridgehead atoms. The Balaban J connectivity index is 2.05. The van der Waals surface area contributed by atoms with E-state index >= 15 is 0 Å². The number of alkyl halides is 3. The fraction of sp³-hybridized carbons (Fsp3) is 0.261. The number of aliphatic carboxylic acids is 1. The Morgan fingerprint density at radius 1 is 1.12 bits per heavy atom. The molecule has 0 saturated heterocycles. The van der Waals surface area contributed by atoms with Crippen molar-refractivity contribution in [1.29, 1.82) is 0 Å². The first kappa shape index (κ1) is 24.3. The number of carboxylic acids is 1. The van der Waals surface area contributed by atoms with Crippen LogP contribution < -0.4 is 10.1 Å². The molecule has 2 N–H and O–H groups in total. The average molecular weight is 481 g/mol. The molecular weight excluding hydrogens is 461 g/mol. The number of aromatic nitrogens is 1. The van der Waals surface area contributed by atoms with E-state index in [-0.39, 0.29) is 16.3 Å². The summed E-state index contributed by atoms with van der Waals surface area (Å²) in [5.74, 6) is -1.86. The molecule has 3 rings (SSSR count). The predicted molar refractivity (Wildman–Crippen MR) is 116 cm³/mol. The molecule has 10 heteroatoms. The van der Waals surface area contributed by atoms with Crippen molar-refractivity contribution in [2.75, 3.05) is 0 Å². The average Bonchev–Trinajstić information content (AvgIpc) is 2.74. The van der Waals surface area contributed by atoms with Crippen LogP contribution in [0.25, 0.3) is 10.8 Å². The number of ether oxygens (including phenoxy) is 1. The molecule has 0 fully saturated rings. The van der Waals surface area contributed by atoms with Crippen molar-refractivity contribution in [2.24, 2.45) is 0 Å². The highest BCUT2D eigenvalue weighted by Crippen LogP contribution is 2.38. The minimum atomic E-state index is -4.57. The van der Waals surface area contributed by atoms with Crippen LogP contribution in [0.2, 0.25) is 5.02 Å². The highest BCUT2D eigenvalue weighted by atomic mass is 35.5. The molecule has 1 heterocycles. The third-order valence-electron chi connectivity index (χ3n) is 4.99. The van der Waals surface area contributed by atoms with Crippen LogP contribution in [0.1, 0.15) is 48.5 Å². The third-order valence-corrected chi connectivity index (χ3v) is 5.30. The number of amides is 1. The number of carbonyl (C=O) groups is 2. The SMILES string of the molecule is CC(Oc1c(C(=O)NC(C)(C)C(=O)O)cc(Cl)c2ccccc12)c1ccc(C(F)(F)F)nc1. The Kier molecular flexibility index (Phi) is 6.56. The van der Waals surface area contributed by atoms with E-state index in [1.165, 1.54) is 26.0 Å². The molecular formula is C23H20ClF3N2O4. The maximum absolute atomic E-state index is 13.0. The molecule has 0 aliphatic heterocycles. The van der Waals surface area contributed by atoms with Crippen molar-refractivity contribution >= 4 is 34.2 Å². The first-order valence-electron chi connectivity index (χ1n) is 9.78. The highest BCUT2D eigenvalue weighted by molar-refractivity contribution is 6.36. The van der Waals surface area contributed by atoms with Gasteiger partial charge in [-0.05, 0) is 32.9 Å². The summed E-state index contributed by atoms with van der Waals surface area (Å²) in [6.07, 6.45) is -4.31. The van der Waals surface area contributed by atoms with Gasteiger partial charge in [-0.3, -0.25) is 9.78 Å². The Morgan fingerprint density at radius 2 is 1.76 bits per heavy atom. The van der Waals surface area contributed by atoms with Crippen LogP contribution in [-0.2, 0) is 11.0 Å². The first-order chi connectivity index (χ1) is 15.3. The van der Waals surface area contributed by atoms with Gasteiger partial charge in [-0.1, -0.05) is 41.9 Å². The minimum Gasteiger partial charge on any atom is -0.484 e. The van der Waals surface area contributed by atoms with Gasteiger partial charge in [0.15, 0.2) is 0 Å². The molecule has 0 saturated carbocycles. The van der Waals surface area contributed by atoms with Crippen LogP contribution in [-0.4, -0.2) is 27.5 Å². The Morgan fingerprint density at radius 3 is 2.30 bits per heavy atom. The van der Waals surface area contributed by atoms with Gasteiger partial charge in [-0.15, -0.1) is 0 Å². The summed E-state index contributed by atoms with van der Waals surface area (Å²) in [6, 6.07) is 10.3. The number of rotatable bonds is 6. The molecule has 1 unspecified atom stereocenters. The lowest BCUT2D eigenvalue weighted by molar-refractivity contribution is -0.143. The number of hydrogen-bond acceptors (Lipinski definition) is 4. The second-order valence-corrected chi connectivity index (χ2v) is 8.31. The van der Waals surface area contributed by atoms with Gasteiger partial charge in [0.1, 0.15) is 23.1 Å². The number of pyridine rings is 1. The van der Waals surface area contributed by atoms with Gasteiger partial charge < -0.3 is 15.2 Å². The van der Waals surface area contributed by atoms with Crippen molar-refractivity contribution in [3.05, 3.63) is 70.5 Å². The van der Waals surface area contributed by atoms with E-state index < -0.39 is 35.4 Å². The summed E-state index contributed by atoms with van der Waals surface area (Å²) in [7, 11) is 0. The number of fused-ring (bicyclic) bond motifs is 1. The van der Waals surface area contributed by atoms with E-state index in [0.29, 0.717) is 16.3 Å². The van der Waals surface area contributed by atoms with Gasteiger partial charge in [0.25, 0.3) is 5.91 Å². The molecule has 1 atom stereocenters. The molecule has 1 aromatic heterocycles. The third kappa shape index (κ3) is 5.19. The summed E-state index contributed by atoms with van der Waals surface area (Å²) >= 11 is 6.36. The second-order valence-electron chi connectivity index (χ2n) is 7.90. The smallest absolute Gasteiger partial charge is 0.433 e. The molecule has 0 aliphatic carbocycles. The summed E-state index contributed by atoms with van der Waals surface area (Å²) < 4.78 is 44.5. The van der Waals surface area contributed by atoms with E-state index in [1.54, 1.807) is 31.2 Å². The van der Waals surface area contributed by atoms with Gasteiger partial charge in [0, 0.05) is 27.6 Å². The molecule has 33 heavy (non-hydrogen) atoms. The van der Waals surface area contributed by atoms with Crippen LogP contribution in [0.5, 0.6) is 5.75 Å². The van der Waals surface area contributed by atoms with Gasteiger partial charge in [0.05, 0.1) is 5.56 Å². The van der Waals surface area contributed by atoms with Crippen LogP contribution in [0.15, 0.2) is 48.7 Å². The molecule has 3 aromatic rings. The van der Waals surface area contributed by atoms with Crippen molar-refractivity contribution in [3.8, 4) is 5.75 Å². The number of carboxylic acid groups (broad SMARTS) is 1. The number of carbonyl (C=O) groups excluding carboxylic acids is 1. The normalized spacial score (nSPS) is 12.9. The molecule has 174 valence electrons. The largest absolute Gasteiger partial charge is 0.484 e. The lowest BCUT2D eigenvalue weighted by atomic mass is 10.0. The van der Waals surface area contributed by atoms with Gasteiger partial charge in [-0.2, -0.15) is 13.2 Å². The van der Waals surface area contributed by atoms with Gasteiger partial charge >= 0.3 is 12.1 Å². The van der Waals surface area contributed by atoms with E-state index in [0.717, 1.165) is 12.3 Å².